The summed E-state index contributed by atoms with van der Waals surface area (Å²) in [5.41, 5.74) is 1.24. The van der Waals surface area contributed by atoms with Gasteiger partial charge in [0.1, 0.15) is 12.3 Å². The van der Waals surface area contributed by atoms with Crippen molar-refractivity contribution in [3.05, 3.63) is 57.5 Å². The van der Waals surface area contributed by atoms with Crippen LogP contribution in [-0.4, -0.2) is 17.6 Å². The molecule has 1 aromatic carbocycles. The van der Waals surface area contributed by atoms with Crippen molar-refractivity contribution in [3.8, 4) is 5.75 Å². The summed E-state index contributed by atoms with van der Waals surface area (Å²) in [6.45, 7) is 1.81. The van der Waals surface area contributed by atoms with Gasteiger partial charge in [0.2, 0.25) is 5.91 Å². The maximum Gasteiger partial charge on any atom is 0.251 e. The van der Waals surface area contributed by atoms with E-state index >= 15 is 0 Å². The molecule has 1 aromatic heterocycles. The summed E-state index contributed by atoms with van der Waals surface area (Å²) in [4.78, 5) is 23.6. The minimum absolute atomic E-state index is 0.0514. The highest BCUT2D eigenvalue weighted by molar-refractivity contribution is 6.32. The Kier molecular flexibility index (Phi) is 4.65. The maximum absolute atomic E-state index is 12.0. The summed E-state index contributed by atoms with van der Waals surface area (Å²) in [6.07, 6.45) is 1.64. The van der Waals surface area contributed by atoms with Crippen LogP contribution >= 0.6 is 11.6 Å². The lowest BCUT2D eigenvalue weighted by atomic mass is 10.3. The number of nitrogens with one attached hydrogen (secondary N) is 1. The summed E-state index contributed by atoms with van der Waals surface area (Å²) < 4.78 is 6.40. The zero-order valence-electron chi connectivity index (χ0n) is 11.7. The van der Waals surface area contributed by atoms with E-state index in [9.17, 15) is 9.59 Å². The number of ether oxygens (including phenoxy) is 1. The van der Waals surface area contributed by atoms with E-state index in [2.05, 4.69) is 5.32 Å². The number of hydrogen-bond donors (Lipinski definition) is 1. The van der Waals surface area contributed by atoms with Crippen LogP contribution in [0.4, 0.5) is 5.69 Å². The number of benzene rings is 1. The number of methoxy groups -OCH3 is 1. The van der Waals surface area contributed by atoms with Gasteiger partial charge in [-0.1, -0.05) is 17.7 Å². The summed E-state index contributed by atoms with van der Waals surface area (Å²) in [7, 11) is 1.52. The molecule has 1 amide bonds. The Bertz CT molecular complexity index is 725. The molecule has 1 N–H and O–H groups in total. The van der Waals surface area contributed by atoms with E-state index in [4.69, 9.17) is 16.3 Å². The van der Waals surface area contributed by atoms with Crippen LogP contribution in [0, 0.1) is 6.92 Å². The number of hydrogen-bond acceptors (Lipinski definition) is 3. The van der Waals surface area contributed by atoms with Crippen molar-refractivity contribution in [3.63, 3.8) is 0 Å². The van der Waals surface area contributed by atoms with Crippen molar-refractivity contribution in [1.29, 1.82) is 0 Å². The smallest absolute Gasteiger partial charge is 0.251 e. The topological polar surface area (TPSA) is 60.3 Å². The zero-order valence-corrected chi connectivity index (χ0v) is 12.5. The molecule has 0 aliphatic rings. The first-order chi connectivity index (χ1) is 9.99. The van der Waals surface area contributed by atoms with Crippen molar-refractivity contribution in [1.82, 2.24) is 4.57 Å². The molecule has 0 unspecified atom stereocenters. The van der Waals surface area contributed by atoms with Crippen LogP contribution in [0.3, 0.4) is 0 Å². The fourth-order valence-corrected chi connectivity index (χ4v) is 2.13. The minimum Gasteiger partial charge on any atom is -0.495 e. The lowest BCUT2D eigenvalue weighted by Gasteiger charge is -2.09. The van der Waals surface area contributed by atoms with Crippen LogP contribution in [0.5, 0.6) is 5.75 Å². The van der Waals surface area contributed by atoms with E-state index in [1.54, 1.807) is 30.5 Å². The summed E-state index contributed by atoms with van der Waals surface area (Å²) in [6, 6.07) is 8.09. The average Bonchev–Trinajstić information content (AvgIpc) is 2.43. The van der Waals surface area contributed by atoms with Crippen LogP contribution in [0.15, 0.2) is 41.3 Å². The van der Waals surface area contributed by atoms with Crippen molar-refractivity contribution in [2.45, 2.75) is 13.5 Å². The van der Waals surface area contributed by atoms with Gasteiger partial charge in [0.25, 0.3) is 5.56 Å². The third-order valence-electron chi connectivity index (χ3n) is 2.88. The van der Waals surface area contributed by atoms with E-state index in [-0.39, 0.29) is 18.0 Å². The van der Waals surface area contributed by atoms with Gasteiger partial charge < -0.3 is 14.6 Å². The van der Waals surface area contributed by atoms with Gasteiger partial charge in [-0.15, -0.1) is 0 Å². The number of aryl methyl sites for hydroxylation is 1. The summed E-state index contributed by atoms with van der Waals surface area (Å²) in [5, 5.41) is 3.10. The quantitative estimate of drug-likeness (QED) is 0.944. The Hall–Kier alpha value is -2.27. The van der Waals surface area contributed by atoms with Crippen molar-refractivity contribution in [2.75, 3.05) is 12.4 Å². The Morgan fingerprint density at radius 3 is 2.76 bits per heavy atom. The largest absolute Gasteiger partial charge is 0.495 e. The van der Waals surface area contributed by atoms with E-state index in [0.717, 1.165) is 5.56 Å². The standard InChI is InChI=1S/C15H15ClN2O3/c1-10-3-6-15(20)18(8-10)9-14(19)17-11-4-5-13(21-2)12(16)7-11/h3-8H,9H2,1-2H3,(H,17,19). The zero-order chi connectivity index (χ0) is 15.4. The third kappa shape index (κ3) is 3.86. The Morgan fingerprint density at radius 2 is 2.10 bits per heavy atom. The van der Waals surface area contributed by atoms with E-state index < -0.39 is 0 Å². The molecular weight excluding hydrogens is 292 g/mol. The van der Waals surface area contributed by atoms with Crippen LogP contribution in [0.25, 0.3) is 0 Å². The predicted octanol–water partition coefficient (Wildman–Crippen LogP) is 2.46. The van der Waals surface area contributed by atoms with Gasteiger partial charge in [0.15, 0.2) is 0 Å². The second kappa shape index (κ2) is 6.45. The first-order valence-electron chi connectivity index (χ1n) is 6.30. The fraction of sp³-hybridized carbons (Fsp3) is 0.200. The summed E-state index contributed by atoms with van der Waals surface area (Å²) >= 11 is 5.99. The molecule has 0 aliphatic heterocycles. The molecular formula is C15H15ClN2O3. The number of pyridine rings is 1. The highest BCUT2D eigenvalue weighted by atomic mass is 35.5. The van der Waals surface area contributed by atoms with Crippen LogP contribution in [0.2, 0.25) is 5.02 Å². The molecule has 1 heterocycles. The van der Waals surface area contributed by atoms with Crippen molar-refractivity contribution < 1.29 is 9.53 Å². The maximum atomic E-state index is 12.0. The van der Waals surface area contributed by atoms with Crippen LogP contribution in [0.1, 0.15) is 5.56 Å². The number of carbonyl (C=O) groups is 1. The highest BCUT2D eigenvalue weighted by Gasteiger charge is 2.07. The average molecular weight is 307 g/mol. The molecule has 2 aromatic rings. The van der Waals surface area contributed by atoms with Gasteiger partial charge in [-0.25, -0.2) is 0 Å². The molecule has 0 bridgehead atoms. The number of anilines is 1. The SMILES string of the molecule is COc1ccc(NC(=O)Cn2cc(C)ccc2=O)cc1Cl. The van der Waals surface area contributed by atoms with E-state index in [1.165, 1.54) is 17.7 Å². The van der Waals surface area contributed by atoms with Gasteiger partial charge in [-0.05, 0) is 30.7 Å². The Labute approximate surface area is 127 Å². The third-order valence-corrected chi connectivity index (χ3v) is 3.18. The molecule has 0 aliphatic carbocycles. The van der Waals surface area contributed by atoms with Crippen molar-refractivity contribution in [2.24, 2.45) is 0 Å². The van der Waals surface area contributed by atoms with E-state index in [1.807, 2.05) is 6.92 Å². The van der Waals surface area contributed by atoms with Gasteiger partial charge in [-0.2, -0.15) is 0 Å². The fourth-order valence-electron chi connectivity index (χ4n) is 1.87. The van der Waals surface area contributed by atoms with Crippen molar-refractivity contribution >= 4 is 23.2 Å². The van der Waals surface area contributed by atoms with Gasteiger partial charge in [-0.3, -0.25) is 9.59 Å². The first-order valence-corrected chi connectivity index (χ1v) is 6.68. The van der Waals surface area contributed by atoms with Gasteiger partial charge in [0.05, 0.1) is 12.1 Å². The predicted molar refractivity (Wildman–Crippen MR) is 82.1 cm³/mol. The van der Waals surface area contributed by atoms with Crippen LogP contribution in [-0.2, 0) is 11.3 Å². The Balaban J connectivity index is 2.10. The molecule has 0 spiro atoms. The second-order valence-electron chi connectivity index (χ2n) is 4.57. The molecule has 110 valence electrons. The molecule has 0 saturated heterocycles. The number of aromatic nitrogens is 1. The first kappa shape index (κ1) is 15.1. The lowest BCUT2D eigenvalue weighted by Crippen LogP contribution is -2.26. The van der Waals surface area contributed by atoms with Gasteiger partial charge >= 0.3 is 0 Å². The Morgan fingerprint density at radius 1 is 1.33 bits per heavy atom. The van der Waals surface area contributed by atoms with E-state index in [0.29, 0.717) is 16.5 Å². The molecule has 0 saturated carbocycles. The molecule has 0 fully saturated rings. The van der Waals surface area contributed by atoms with Gasteiger partial charge in [0, 0.05) is 18.0 Å². The normalized spacial score (nSPS) is 10.2. The molecule has 2 rings (SSSR count). The number of carbonyl (C=O) groups excluding carboxylic acids is 1. The second-order valence-corrected chi connectivity index (χ2v) is 4.98. The molecule has 6 heteroatoms. The number of nitrogens with zero attached hydrogens (tertiary/aromatic N) is 1. The molecule has 0 radical (unpaired) electrons. The highest BCUT2D eigenvalue weighted by Crippen LogP contribution is 2.27. The number of rotatable bonds is 4. The lowest BCUT2D eigenvalue weighted by molar-refractivity contribution is -0.116. The summed E-state index contributed by atoms with van der Waals surface area (Å²) in [5.74, 6) is 0.230. The number of halogens is 1. The molecule has 21 heavy (non-hydrogen) atoms. The molecule has 0 atom stereocenters. The monoisotopic (exact) mass is 306 g/mol. The number of amides is 1. The van der Waals surface area contributed by atoms with Crippen LogP contribution < -0.4 is 15.6 Å². The minimum atomic E-state index is -0.302. The molecule has 5 nitrogen and oxygen atoms in total.